The Morgan fingerprint density at radius 1 is 1.33 bits per heavy atom. The van der Waals surface area contributed by atoms with Crippen LogP contribution in [0, 0.1) is 0 Å². The Labute approximate surface area is 103 Å². The Bertz CT molecular complexity index is 420. The summed E-state index contributed by atoms with van der Waals surface area (Å²) < 4.78 is 2.50. The summed E-state index contributed by atoms with van der Waals surface area (Å²) >= 11 is 3.70. The Balaban J connectivity index is 0.000000853. The third-order valence-corrected chi connectivity index (χ3v) is 4.62. The smallest absolute Gasteiger partial charge is 0.151 e. The van der Waals surface area contributed by atoms with Crippen molar-refractivity contribution in [3.05, 3.63) is 24.3 Å². The number of thioether (sulfide) groups is 1. The average Bonchev–Trinajstić information content (AvgIpc) is 2.53. The molecule has 1 aromatic heterocycles. The van der Waals surface area contributed by atoms with Crippen LogP contribution in [0.3, 0.4) is 0 Å². The number of aromatic nitrogens is 1. The second kappa shape index (κ2) is 4.70. The Hall–Kier alpha value is -0.290. The van der Waals surface area contributed by atoms with Gasteiger partial charge in [0, 0.05) is 18.3 Å². The predicted molar refractivity (Wildman–Crippen MR) is 69.4 cm³/mol. The van der Waals surface area contributed by atoms with Gasteiger partial charge in [0.1, 0.15) is 0 Å². The molecule has 5 heteroatoms. The SMILES string of the molecule is Cl.c1ccc2sc(SC3CNC3)nc2c1. The fourth-order valence-electron chi connectivity index (χ4n) is 1.39. The number of thiazole rings is 1. The second-order valence-electron chi connectivity index (χ2n) is 3.35. The summed E-state index contributed by atoms with van der Waals surface area (Å²) in [6.45, 7) is 2.25. The van der Waals surface area contributed by atoms with Gasteiger partial charge in [-0.3, -0.25) is 0 Å². The van der Waals surface area contributed by atoms with Crippen LogP contribution < -0.4 is 5.32 Å². The third-order valence-electron chi connectivity index (χ3n) is 2.29. The molecular weight excluding hydrogens is 248 g/mol. The molecule has 2 aromatic rings. The van der Waals surface area contributed by atoms with E-state index >= 15 is 0 Å². The summed E-state index contributed by atoms with van der Waals surface area (Å²) in [5.41, 5.74) is 1.13. The monoisotopic (exact) mass is 258 g/mol. The number of hydrogen-bond acceptors (Lipinski definition) is 4. The minimum Gasteiger partial charge on any atom is -0.314 e. The summed E-state index contributed by atoms with van der Waals surface area (Å²) in [4.78, 5) is 4.59. The highest BCUT2D eigenvalue weighted by Crippen LogP contribution is 2.32. The van der Waals surface area contributed by atoms with Crippen molar-refractivity contribution in [2.75, 3.05) is 13.1 Å². The lowest BCUT2D eigenvalue weighted by atomic mass is 10.3. The molecule has 1 N–H and O–H groups in total. The van der Waals surface area contributed by atoms with E-state index in [1.165, 1.54) is 9.04 Å². The van der Waals surface area contributed by atoms with E-state index in [2.05, 4.69) is 28.5 Å². The second-order valence-corrected chi connectivity index (χ2v) is 5.92. The predicted octanol–water partition coefficient (Wildman–Crippen LogP) is 2.78. The molecule has 0 saturated carbocycles. The molecule has 2 heterocycles. The lowest BCUT2D eigenvalue weighted by molar-refractivity contribution is 0.543. The van der Waals surface area contributed by atoms with Gasteiger partial charge in [0.05, 0.1) is 10.2 Å². The van der Waals surface area contributed by atoms with Crippen molar-refractivity contribution in [3.63, 3.8) is 0 Å². The largest absolute Gasteiger partial charge is 0.314 e. The first-order valence-electron chi connectivity index (χ1n) is 4.65. The Morgan fingerprint density at radius 3 is 2.80 bits per heavy atom. The molecule has 0 atom stereocenters. The molecule has 1 aliphatic heterocycles. The standard InChI is InChI=1S/C10H10N2S2.ClH/c1-2-4-9-8(3-1)12-10(14-9)13-7-5-11-6-7;/h1-4,7,11H,5-6H2;1H. The molecule has 1 saturated heterocycles. The number of benzene rings is 1. The zero-order valence-corrected chi connectivity index (χ0v) is 10.4. The number of para-hydroxylation sites is 1. The van der Waals surface area contributed by atoms with Gasteiger partial charge in [-0.1, -0.05) is 23.9 Å². The van der Waals surface area contributed by atoms with E-state index in [0.717, 1.165) is 23.9 Å². The number of nitrogens with zero attached hydrogens (tertiary/aromatic N) is 1. The van der Waals surface area contributed by atoms with Gasteiger partial charge in [0.15, 0.2) is 4.34 Å². The van der Waals surface area contributed by atoms with E-state index in [-0.39, 0.29) is 12.4 Å². The maximum Gasteiger partial charge on any atom is 0.151 e. The molecule has 0 spiro atoms. The minimum absolute atomic E-state index is 0. The summed E-state index contributed by atoms with van der Waals surface area (Å²) in [5.74, 6) is 0. The average molecular weight is 259 g/mol. The van der Waals surface area contributed by atoms with Crippen molar-refractivity contribution < 1.29 is 0 Å². The first-order chi connectivity index (χ1) is 6.92. The topological polar surface area (TPSA) is 24.9 Å². The number of fused-ring (bicyclic) bond motifs is 1. The van der Waals surface area contributed by atoms with E-state index < -0.39 is 0 Å². The molecule has 0 amide bonds. The summed E-state index contributed by atoms with van der Waals surface area (Å²) in [6.07, 6.45) is 0. The molecule has 80 valence electrons. The van der Waals surface area contributed by atoms with E-state index in [1.54, 1.807) is 11.3 Å². The van der Waals surface area contributed by atoms with Crippen molar-refractivity contribution in [3.8, 4) is 0 Å². The molecule has 1 aliphatic rings. The highest BCUT2D eigenvalue weighted by atomic mass is 35.5. The van der Waals surface area contributed by atoms with Crippen molar-refractivity contribution >= 4 is 45.7 Å². The fourth-order valence-corrected chi connectivity index (χ4v) is 3.80. The summed E-state index contributed by atoms with van der Waals surface area (Å²) in [6, 6.07) is 8.33. The summed E-state index contributed by atoms with van der Waals surface area (Å²) in [7, 11) is 0. The van der Waals surface area contributed by atoms with E-state index in [0.29, 0.717) is 0 Å². The van der Waals surface area contributed by atoms with Crippen molar-refractivity contribution in [2.24, 2.45) is 0 Å². The number of hydrogen-bond donors (Lipinski definition) is 1. The molecule has 1 aromatic carbocycles. The lowest BCUT2D eigenvalue weighted by Crippen LogP contribution is -2.44. The molecule has 0 radical (unpaired) electrons. The number of nitrogens with one attached hydrogen (secondary N) is 1. The Kier molecular flexibility index (Phi) is 3.51. The maximum absolute atomic E-state index is 4.59. The van der Waals surface area contributed by atoms with Gasteiger partial charge in [-0.05, 0) is 12.1 Å². The van der Waals surface area contributed by atoms with Crippen LogP contribution in [0.4, 0.5) is 0 Å². The third kappa shape index (κ3) is 2.28. The minimum atomic E-state index is 0. The van der Waals surface area contributed by atoms with Crippen LogP contribution in [0.25, 0.3) is 10.2 Å². The van der Waals surface area contributed by atoms with Gasteiger partial charge >= 0.3 is 0 Å². The summed E-state index contributed by atoms with van der Waals surface area (Å²) in [5, 5.41) is 4.00. The molecule has 2 nitrogen and oxygen atoms in total. The lowest BCUT2D eigenvalue weighted by Gasteiger charge is -2.24. The molecule has 3 rings (SSSR count). The fraction of sp³-hybridized carbons (Fsp3) is 0.300. The molecule has 0 aliphatic carbocycles. The van der Waals surface area contributed by atoms with Crippen LogP contribution in [0.2, 0.25) is 0 Å². The van der Waals surface area contributed by atoms with Crippen LogP contribution >= 0.6 is 35.5 Å². The van der Waals surface area contributed by atoms with Crippen molar-refractivity contribution in [1.82, 2.24) is 10.3 Å². The molecule has 0 bridgehead atoms. The quantitative estimate of drug-likeness (QED) is 0.897. The van der Waals surface area contributed by atoms with Gasteiger partial charge in [0.2, 0.25) is 0 Å². The maximum atomic E-state index is 4.59. The highest BCUT2D eigenvalue weighted by molar-refractivity contribution is 8.01. The zero-order valence-electron chi connectivity index (χ0n) is 7.97. The van der Waals surface area contributed by atoms with Crippen LogP contribution in [0.15, 0.2) is 28.6 Å². The van der Waals surface area contributed by atoms with Crippen LogP contribution in [-0.2, 0) is 0 Å². The molecule has 1 fully saturated rings. The first-order valence-corrected chi connectivity index (χ1v) is 6.34. The normalized spacial score (nSPS) is 16.0. The zero-order chi connectivity index (χ0) is 9.38. The van der Waals surface area contributed by atoms with Gasteiger partial charge in [-0.25, -0.2) is 4.98 Å². The Morgan fingerprint density at radius 2 is 2.13 bits per heavy atom. The van der Waals surface area contributed by atoms with Gasteiger partial charge in [-0.15, -0.1) is 23.7 Å². The van der Waals surface area contributed by atoms with E-state index in [1.807, 2.05) is 17.8 Å². The number of halogens is 1. The van der Waals surface area contributed by atoms with Gasteiger partial charge in [0.25, 0.3) is 0 Å². The van der Waals surface area contributed by atoms with Crippen LogP contribution in [0.5, 0.6) is 0 Å². The van der Waals surface area contributed by atoms with Crippen molar-refractivity contribution in [1.29, 1.82) is 0 Å². The molecular formula is C10H11ClN2S2. The van der Waals surface area contributed by atoms with Gasteiger partial charge < -0.3 is 5.32 Å². The van der Waals surface area contributed by atoms with E-state index in [9.17, 15) is 0 Å². The molecule has 0 unspecified atom stereocenters. The van der Waals surface area contributed by atoms with Crippen LogP contribution in [0.1, 0.15) is 0 Å². The van der Waals surface area contributed by atoms with Crippen molar-refractivity contribution in [2.45, 2.75) is 9.59 Å². The first kappa shape index (κ1) is 11.2. The van der Waals surface area contributed by atoms with Crippen LogP contribution in [-0.4, -0.2) is 23.3 Å². The van der Waals surface area contributed by atoms with E-state index in [4.69, 9.17) is 0 Å². The number of rotatable bonds is 2. The van der Waals surface area contributed by atoms with Gasteiger partial charge in [-0.2, -0.15) is 0 Å². The molecule has 15 heavy (non-hydrogen) atoms. The highest BCUT2D eigenvalue weighted by Gasteiger charge is 2.19.